The Bertz CT molecular complexity index is 355. The SMILES string of the molecule is CCNC(C=C(C)C)CSc1ccc(F)cc1. The first-order valence-corrected chi connectivity index (χ1v) is 6.87. The largest absolute Gasteiger partial charge is 0.310 e. The van der Waals surface area contributed by atoms with Gasteiger partial charge in [0, 0.05) is 16.7 Å². The van der Waals surface area contributed by atoms with Gasteiger partial charge in [-0.25, -0.2) is 4.39 Å². The van der Waals surface area contributed by atoms with Gasteiger partial charge < -0.3 is 5.32 Å². The average molecular weight is 253 g/mol. The van der Waals surface area contributed by atoms with E-state index in [4.69, 9.17) is 0 Å². The molecule has 0 saturated heterocycles. The molecule has 94 valence electrons. The number of hydrogen-bond donors (Lipinski definition) is 1. The maximum absolute atomic E-state index is 12.7. The van der Waals surface area contributed by atoms with Crippen molar-refractivity contribution in [3.63, 3.8) is 0 Å². The highest BCUT2D eigenvalue weighted by molar-refractivity contribution is 7.99. The molecule has 0 spiro atoms. The number of rotatable bonds is 6. The zero-order valence-corrected chi connectivity index (χ0v) is 11.5. The molecule has 0 fully saturated rings. The van der Waals surface area contributed by atoms with Gasteiger partial charge in [-0.2, -0.15) is 0 Å². The minimum atomic E-state index is -0.179. The van der Waals surface area contributed by atoms with Crippen LogP contribution in [0.1, 0.15) is 20.8 Å². The summed E-state index contributed by atoms with van der Waals surface area (Å²) in [5.41, 5.74) is 1.32. The Morgan fingerprint density at radius 3 is 2.53 bits per heavy atom. The van der Waals surface area contributed by atoms with Crippen LogP contribution in [0, 0.1) is 5.82 Å². The van der Waals surface area contributed by atoms with Crippen molar-refractivity contribution < 1.29 is 4.39 Å². The zero-order chi connectivity index (χ0) is 12.7. The van der Waals surface area contributed by atoms with Gasteiger partial charge in [-0.3, -0.25) is 0 Å². The van der Waals surface area contributed by atoms with Crippen LogP contribution >= 0.6 is 11.8 Å². The molecule has 0 saturated carbocycles. The lowest BCUT2D eigenvalue weighted by atomic mass is 10.2. The topological polar surface area (TPSA) is 12.0 Å². The van der Waals surface area contributed by atoms with Crippen molar-refractivity contribution in [3.8, 4) is 0 Å². The summed E-state index contributed by atoms with van der Waals surface area (Å²) < 4.78 is 12.7. The second kappa shape index (κ2) is 7.51. The second-order valence-corrected chi connectivity index (χ2v) is 5.27. The van der Waals surface area contributed by atoms with E-state index in [9.17, 15) is 4.39 Å². The Kier molecular flexibility index (Phi) is 6.30. The Morgan fingerprint density at radius 2 is 2.00 bits per heavy atom. The minimum Gasteiger partial charge on any atom is -0.310 e. The predicted molar refractivity (Wildman–Crippen MR) is 74.0 cm³/mol. The van der Waals surface area contributed by atoms with Gasteiger partial charge in [0.25, 0.3) is 0 Å². The van der Waals surface area contributed by atoms with E-state index in [1.807, 2.05) is 12.1 Å². The number of likely N-dealkylation sites (N-methyl/N-ethyl adjacent to an activating group) is 1. The maximum atomic E-state index is 12.7. The molecule has 1 aromatic carbocycles. The maximum Gasteiger partial charge on any atom is 0.123 e. The van der Waals surface area contributed by atoms with Gasteiger partial charge in [-0.1, -0.05) is 18.6 Å². The van der Waals surface area contributed by atoms with Crippen molar-refractivity contribution in [2.75, 3.05) is 12.3 Å². The summed E-state index contributed by atoms with van der Waals surface area (Å²) in [7, 11) is 0. The first kappa shape index (κ1) is 14.3. The van der Waals surface area contributed by atoms with Crippen LogP contribution in [0.5, 0.6) is 0 Å². The molecule has 1 rings (SSSR count). The third kappa shape index (κ3) is 5.89. The monoisotopic (exact) mass is 253 g/mol. The number of benzene rings is 1. The molecule has 17 heavy (non-hydrogen) atoms. The first-order valence-electron chi connectivity index (χ1n) is 5.88. The summed E-state index contributed by atoms with van der Waals surface area (Å²) in [6, 6.07) is 7.04. The zero-order valence-electron chi connectivity index (χ0n) is 10.7. The Labute approximate surface area is 107 Å². The summed E-state index contributed by atoms with van der Waals surface area (Å²) in [6.07, 6.45) is 2.24. The number of nitrogens with one attached hydrogen (secondary N) is 1. The highest BCUT2D eigenvalue weighted by atomic mass is 32.2. The van der Waals surface area contributed by atoms with Crippen molar-refractivity contribution in [2.45, 2.75) is 31.7 Å². The van der Waals surface area contributed by atoms with Gasteiger partial charge in [0.15, 0.2) is 0 Å². The molecule has 0 aliphatic heterocycles. The lowest BCUT2D eigenvalue weighted by Crippen LogP contribution is -2.29. The normalized spacial score (nSPS) is 12.2. The number of allylic oxidation sites excluding steroid dienone is 1. The second-order valence-electron chi connectivity index (χ2n) is 4.17. The van der Waals surface area contributed by atoms with Gasteiger partial charge in [-0.05, 0) is 44.7 Å². The van der Waals surface area contributed by atoms with E-state index in [1.54, 1.807) is 11.8 Å². The molecule has 0 radical (unpaired) electrons. The van der Waals surface area contributed by atoms with E-state index < -0.39 is 0 Å². The van der Waals surface area contributed by atoms with Crippen LogP contribution in [0.2, 0.25) is 0 Å². The molecule has 0 aromatic heterocycles. The van der Waals surface area contributed by atoms with Crippen LogP contribution in [0.3, 0.4) is 0 Å². The fourth-order valence-electron chi connectivity index (χ4n) is 1.55. The van der Waals surface area contributed by atoms with Crippen molar-refractivity contribution in [1.82, 2.24) is 5.32 Å². The highest BCUT2D eigenvalue weighted by Crippen LogP contribution is 2.19. The van der Waals surface area contributed by atoms with Crippen LogP contribution in [-0.2, 0) is 0 Å². The van der Waals surface area contributed by atoms with Crippen LogP contribution in [-0.4, -0.2) is 18.3 Å². The molecule has 1 nitrogen and oxygen atoms in total. The van der Waals surface area contributed by atoms with Gasteiger partial charge in [-0.15, -0.1) is 11.8 Å². The third-order valence-corrected chi connectivity index (χ3v) is 3.38. The van der Waals surface area contributed by atoms with Crippen molar-refractivity contribution in [2.24, 2.45) is 0 Å². The van der Waals surface area contributed by atoms with Crippen LogP contribution in [0.4, 0.5) is 4.39 Å². The number of thioether (sulfide) groups is 1. The Morgan fingerprint density at radius 1 is 1.35 bits per heavy atom. The lowest BCUT2D eigenvalue weighted by Gasteiger charge is -2.14. The molecular formula is C14H20FNS. The molecule has 0 aliphatic carbocycles. The van der Waals surface area contributed by atoms with Gasteiger partial charge in [0.2, 0.25) is 0 Å². The number of hydrogen-bond acceptors (Lipinski definition) is 2. The molecule has 3 heteroatoms. The quantitative estimate of drug-likeness (QED) is 0.610. The summed E-state index contributed by atoms with van der Waals surface area (Å²) in [6.45, 7) is 7.27. The van der Waals surface area contributed by atoms with Gasteiger partial charge >= 0.3 is 0 Å². The number of halogens is 1. The fourth-order valence-corrected chi connectivity index (χ4v) is 2.46. The van der Waals surface area contributed by atoms with Crippen molar-refractivity contribution in [3.05, 3.63) is 41.7 Å². The lowest BCUT2D eigenvalue weighted by molar-refractivity contribution is 0.626. The summed E-state index contributed by atoms with van der Waals surface area (Å²) >= 11 is 1.75. The van der Waals surface area contributed by atoms with E-state index in [-0.39, 0.29) is 5.82 Å². The molecule has 1 N–H and O–H groups in total. The molecular weight excluding hydrogens is 233 g/mol. The molecule has 0 aliphatic rings. The van der Waals surface area contributed by atoms with Gasteiger partial charge in [0.05, 0.1) is 0 Å². The summed E-state index contributed by atoms with van der Waals surface area (Å²) in [4.78, 5) is 1.11. The standard InChI is InChI=1S/C14H20FNS/c1-4-16-13(9-11(2)3)10-17-14-7-5-12(15)6-8-14/h5-9,13,16H,4,10H2,1-3H3. The van der Waals surface area contributed by atoms with Crippen molar-refractivity contribution in [1.29, 1.82) is 0 Å². The van der Waals surface area contributed by atoms with Gasteiger partial charge in [0.1, 0.15) is 5.82 Å². The van der Waals surface area contributed by atoms with E-state index in [2.05, 4.69) is 32.2 Å². The smallest absolute Gasteiger partial charge is 0.123 e. The molecule has 0 heterocycles. The molecule has 1 aromatic rings. The average Bonchev–Trinajstić information content (AvgIpc) is 2.27. The first-order chi connectivity index (χ1) is 8.11. The molecule has 0 amide bonds. The van der Waals surface area contributed by atoms with E-state index >= 15 is 0 Å². The van der Waals surface area contributed by atoms with E-state index in [1.165, 1.54) is 17.7 Å². The molecule has 0 bridgehead atoms. The van der Waals surface area contributed by atoms with E-state index in [0.717, 1.165) is 17.2 Å². The van der Waals surface area contributed by atoms with Crippen LogP contribution < -0.4 is 5.32 Å². The minimum absolute atomic E-state index is 0.179. The van der Waals surface area contributed by atoms with E-state index in [0.29, 0.717) is 6.04 Å². The Hall–Kier alpha value is -0.800. The molecule has 1 unspecified atom stereocenters. The molecule has 1 atom stereocenters. The summed E-state index contributed by atoms with van der Waals surface area (Å²) in [5, 5.41) is 3.42. The predicted octanol–water partition coefficient (Wildman–Crippen LogP) is 3.86. The van der Waals surface area contributed by atoms with Crippen LogP contribution in [0.15, 0.2) is 40.8 Å². The Balaban J connectivity index is 2.51. The fraction of sp³-hybridized carbons (Fsp3) is 0.429. The highest BCUT2D eigenvalue weighted by Gasteiger charge is 2.04. The van der Waals surface area contributed by atoms with Crippen LogP contribution in [0.25, 0.3) is 0 Å². The summed E-state index contributed by atoms with van der Waals surface area (Å²) in [5.74, 6) is 0.784. The third-order valence-electron chi connectivity index (χ3n) is 2.24. The van der Waals surface area contributed by atoms with Crippen molar-refractivity contribution >= 4 is 11.8 Å².